The molecule has 4 heteroatoms. The lowest BCUT2D eigenvalue weighted by molar-refractivity contribution is -0.235. The second kappa shape index (κ2) is 6.59. The van der Waals surface area contributed by atoms with Gasteiger partial charge < -0.3 is 19.9 Å². The molecule has 1 rings (SSSR count). The monoisotopic (exact) mass is 239 g/mol. The molecule has 1 aromatic carbocycles. The van der Waals surface area contributed by atoms with Crippen molar-refractivity contribution in [2.75, 3.05) is 26.9 Å². The third-order valence-electron chi connectivity index (χ3n) is 2.55. The van der Waals surface area contributed by atoms with Crippen LogP contribution in [0, 0.1) is 0 Å². The fourth-order valence-corrected chi connectivity index (χ4v) is 1.76. The second-order valence-corrected chi connectivity index (χ2v) is 3.55. The van der Waals surface area contributed by atoms with Crippen molar-refractivity contribution in [1.29, 1.82) is 0 Å². The normalized spacial score (nSPS) is 11.5. The van der Waals surface area contributed by atoms with Gasteiger partial charge in [0.15, 0.2) is 0 Å². The van der Waals surface area contributed by atoms with E-state index in [4.69, 9.17) is 19.9 Å². The van der Waals surface area contributed by atoms with Crippen molar-refractivity contribution >= 4 is 0 Å². The summed E-state index contributed by atoms with van der Waals surface area (Å²) in [6.07, 6.45) is 0. The van der Waals surface area contributed by atoms with Crippen molar-refractivity contribution in [3.63, 3.8) is 0 Å². The van der Waals surface area contributed by atoms with Gasteiger partial charge in [-0.3, -0.25) is 0 Å². The smallest absolute Gasteiger partial charge is 0.207 e. The van der Waals surface area contributed by atoms with Gasteiger partial charge in [0, 0.05) is 18.8 Å². The van der Waals surface area contributed by atoms with Crippen LogP contribution >= 0.6 is 0 Å². The Hall–Kier alpha value is -1.10. The van der Waals surface area contributed by atoms with E-state index in [1.54, 1.807) is 7.11 Å². The molecular weight excluding hydrogens is 218 g/mol. The first kappa shape index (κ1) is 14.0. The predicted octanol–water partition coefficient (Wildman–Crippen LogP) is 1.88. The summed E-state index contributed by atoms with van der Waals surface area (Å²) in [7, 11) is 1.64. The third kappa shape index (κ3) is 3.19. The Morgan fingerprint density at radius 3 is 1.94 bits per heavy atom. The summed E-state index contributed by atoms with van der Waals surface area (Å²) in [5.74, 6) is -0.0527. The Morgan fingerprint density at radius 2 is 1.59 bits per heavy atom. The number of nitrogens with two attached hydrogens (primary N) is 1. The zero-order valence-electron chi connectivity index (χ0n) is 10.7. The van der Waals surface area contributed by atoms with E-state index in [1.807, 2.05) is 38.1 Å². The van der Waals surface area contributed by atoms with Gasteiger partial charge in [-0.2, -0.15) is 0 Å². The average Bonchev–Trinajstić information content (AvgIpc) is 2.38. The van der Waals surface area contributed by atoms with E-state index in [0.29, 0.717) is 13.2 Å². The third-order valence-corrected chi connectivity index (χ3v) is 2.55. The van der Waals surface area contributed by atoms with Gasteiger partial charge in [-0.25, -0.2) is 0 Å². The number of methoxy groups -OCH3 is 1. The van der Waals surface area contributed by atoms with Crippen LogP contribution in [0.5, 0.6) is 5.75 Å². The van der Waals surface area contributed by atoms with Crippen LogP contribution in [0.25, 0.3) is 0 Å². The van der Waals surface area contributed by atoms with Crippen molar-refractivity contribution in [3.05, 3.63) is 29.8 Å². The largest absolute Gasteiger partial charge is 0.497 e. The van der Waals surface area contributed by atoms with Crippen molar-refractivity contribution in [3.8, 4) is 5.75 Å². The minimum atomic E-state index is -0.851. The molecular formula is C13H21NO3. The van der Waals surface area contributed by atoms with E-state index in [-0.39, 0.29) is 6.54 Å². The molecule has 0 radical (unpaired) electrons. The van der Waals surface area contributed by atoms with Gasteiger partial charge in [-0.15, -0.1) is 0 Å². The van der Waals surface area contributed by atoms with Gasteiger partial charge >= 0.3 is 0 Å². The van der Waals surface area contributed by atoms with E-state index in [1.165, 1.54) is 0 Å². The SMILES string of the molecule is CCOC(CN)(OCC)c1ccc(OC)cc1. The van der Waals surface area contributed by atoms with Crippen LogP contribution in [0.2, 0.25) is 0 Å². The van der Waals surface area contributed by atoms with Crippen molar-refractivity contribution in [2.45, 2.75) is 19.6 Å². The fraction of sp³-hybridized carbons (Fsp3) is 0.538. The maximum Gasteiger partial charge on any atom is 0.207 e. The minimum Gasteiger partial charge on any atom is -0.497 e. The van der Waals surface area contributed by atoms with Crippen LogP contribution < -0.4 is 10.5 Å². The topological polar surface area (TPSA) is 53.7 Å². The zero-order chi connectivity index (χ0) is 12.7. The van der Waals surface area contributed by atoms with Crippen LogP contribution in [0.3, 0.4) is 0 Å². The first-order chi connectivity index (χ1) is 8.22. The number of rotatable bonds is 7. The van der Waals surface area contributed by atoms with Crippen molar-refractivity contribution in [2.24, 2.45) is 5.73 Å². The van der Waals surface area contributed by atoms with Gasteiger partial charge in [0.05, 0.1) is 13.7 Å². The fourth-order valence-electron chi connectivity index (χ4n) is 1.76. The summed E-state index contributed by atoms with van der Waals surface area (Å²) in [4.78, 5) is 0. The Kier molecular flexibility index (Phi) is 5.41. The number of hydrogen-bond donors (Lipinski definition) is 1. The van der Waals surface area contributed by atoms with Crippen LogP contribution in [0.4, 0.5) is 0 Å². The summed E-state index contributed by atoms with van der Waals surface area (Å²) in [5.41, 5.74) is 6.71. The van der Waals surface area contributed by atoms with Crippen molar-refractivity contribution < 1.29 is 14.2 Å². The van der Waals surface area contributed by atoms with E-state index in [2.05, 4.69) is 0 Å². The molecule has 0 spiro atoms. The van der Waals surface area contributed by atoms with Gasteiger partial charge in [0.2, 0.25) is 5.79 Å². The average molecular weight is 239 g/mol. The zero-order valence-corrected chi connectivity index (χ0v) is 10.7. The lowest BCUT2D eigenvalue weighted by Gasteiger charge is -2.32. The van der Waals surface area contributed by atoms with Crippen LogP contribution in [0.1, 0.15) is 19.4 Å². The lowest BCUT2D eigenvalue weighted by atomic mass is 10.1. The summed E-state index contributed by atoms with van der Waals surface area (Å²) in [6, 6.07) is 7.57. The van der Waals surface area contributed by atoms with Crippen LogP contribution in [-0.2, 0) is 15.3 Å². The Balaban J connectivity index is 3.01. The number of benzene rings is 1. The highest BCUT2D eigenvalue weighted by atomic mass is 16.7. The molecule has 0 saturated carbocycles. The van der Waals surface area contributed by atoms with Crippen LogP contribution in [0.15, 0.2) is 24.3 Å². The van der Waals surface area contributed by atoms with Crippen molar-refractivity contribution in [1.82, 2.24) is 0 Å². The highest BCUT2D eigenvalue weighted by molar-refractivity contribution is 5.30. The number of hydrogen-bond acceptors (Lipinski definition) is 4. The molecule has 0 fully saturated rings. The van der Waals surface area contributed by atoms with E-state index in [0.717, 1.165) is 11.3 Å². The quantitative estimate of drug-likeness (QED) is 0.738. The summed E-state index contributed by atoms with van der Waals surface area (Å²) >= 11 is 0. The maximum absolute atomic E-state index is 5.80. The highest BCUT2D eigenvalue weighted by Gasteiger charge is 2.32. The highest BCUT2D eigenvalue weighted by Crippen LogP contribution is 2.28. The van der Waals surface area contributed by atoms with E-state index >= 15 is 0 Å². The van der Waals surface area contributed by atoms with E-state index < -0.39 is 5.79 Å². The van der Waals surface area contributed by atoms with Gasteiger partial charge in [0.25, 0.3) is 0 Å². The second-order valence-electron chi connectivity index (χ2n) is 3.55. The molecule has 17 heavy (non-hydrogen) atoms. The summed E-state index contributed by atoms with van der Waals surface area (Å²) < 4.78 is 16.5. The standard InChI is InChI=1S/C13H21NO3/c1-4-16-13(10-14,17-5-2)11-6-8-12(15-3)9-7-11/h6-9H,4-5,10,14H2,1-3H3. The predicted molar refractivity (Wildman–Crippen MR) is 67.0 cm³/mol. The molecule has 0 unspecified atom stereocenters. The molecule has 0 heterocycles. The first-order valence-corrected chi connectivity index (χ1v) is 5.85. The molecule has 96 valence electrons. The Bertz CT molecular complexity index is 318. The molecule has 0 aliphatic carbocycles. The molecule has 1 aromatic rings. The summed E-state index contributed by atoms with van der Waals surface area (Å²) in [5, 5.41) is 0. The molecule has 0 bridgehead atoms. The molecule has 0 atom stereocenters. The molecule has 2 N–H and O–H groups in total. The van der Waals surface area contributed by atoms with Gasteiger partial charge in [0.1, 0.15) is 5.75 Å². The molecule has 0 amide bonds. The Labute approximate surface area is 103 Å². The molecule has 4 nitrogen and oxygen atoms in total. The molecule has 0 aliphatic heterocycles. The molecule has 0 saturated heterocycles. The summed E-state index contributed by atoms with van der Waals surface area (Å²) in [6.45, 7) is 5.22. The van der Waals surface area contributed by atoms with Crippen LogP contribution in [-0.4, -0.2) is 26.9 Å². The minimum absolute atomic E-state index is 0.279. The Morgan fingerprint density at radius 1 is 1.06 bits per heavy atom. The van der Waals surface area contributed by atoms with Gasteiger partial charge in [-0.1, -0.05) is 0 Å². The van der Waals surface area contributed by atoms with Gasteiger partial charge in [-0.05, 0) is 38.1 Å². The first-order valence-electron chi connectivity index (χ1n) is 5.85. The molecule has 0 aliphatic rings. The maximum atomic E-state index is 5.80. The number of ether oxygens (including phenoxy) is 3. The van der Waals surface area contributed by atoms with E-state index in [9.17, 15) is 0 Å². The molecule has 0 aromatic heterocycles. The lowest BCUT2D eigenvalue weighted by Crippen LogP contribution is -2.40.